The van der Waals surface area contributed by atoms with Crippen molar-refractivity contribution < 1.29 is 9.59 Å². The average Bonchev–Trinajstić information content (AvgIpc) is 3.02. The van der Waals surface area contributed by atoms with Gasteiger partial charge in [0, 0.05) is 31.1 Å². The lowest BCUT2D eigenvalue weighted by molar-refractivity contribution is -0.121. The van der Waals surface area contributed by atoms with Crippen LogP contribution in [0.25, 0.3) is 0 Å². The fraction of sp³-hybridized carbons (Fsp3) is 0.417. The van der Waals surface area contributed by atoms with Crippen LogP contribution in [0, 0.1) is 5.92 Å². The van der Waals surface area contributed by atoms with Crippen LogP contribution in [-0.4, -0.2) is 24.9 Å². The zero-order valence-corrected chi connectivity index (χ0v) is 16.8. The number of nitrogens with one attached hydrogen (secondary N) is 2. The zero-order chi connectivity index (χ0) is 20.1. The summed E-state index contributed by atoms with van der Waals surface area (Å²) in [6, 6.07) is 15.9. The molecule has 2 heterocycles. The molecule has 1 saturated heterocycles. The smallest absolute Gasteiger partial charge is 0.227 e. The number of rotatable bonds is 5. The summed E-state index contributed by atoms with van der Waals surface area (Å²) in [5, 5.41) is 6.05. The highest BCUT2D eigenvalue weighted by Crippen LogP contribution is 2.30. The maximum atomic E-state index is 12.6. The number of carbonyl (C=O) groups excluding carboxylic acids is 2. The number of anilines is 3. The van der Waals surface area contributed by atoms with Gasteiger partial charge in [-0.05, 0) is 49.4 Å². The van der Waals surface area contributed by atoms with Crippen LogP contribution in [-0.2, 0) is 16.0 Å². The van der Waals surface area contributed by atoms with Gasteiger partial charge in [-0.15, -0.1) is 0 Å². The van der Waals surface area contributed by atoms with Crippen LogP contribution >= 0.6 is 0 Å². The molecule has 2 amide bonds. The van der Waals surface area contributed by atoms with Gasteiger partial charge in [0.15, 0.2) is 0 Å². The first kappa shape index (κ1) is 19.5. The van der Waals surface area contributed by atoms with E-state index in [9.17, 15) is 9.59 Å². The van der Waals surface area contributed by atoms with Gasteiger partial charge >= 0.3 is 0 Å². The topological polar surface area (TPSA) is 61.4 Å². The van der Waals surface area contributed by atoms with Crippen LogP contribution < -0.4 is 15.5 Å². The molecule has 0 bridgehead atoms. The van der Waals surface area contributed by atoms with Crippen molar-refractivity contribution in [3.63, 3.8) is 0 Å². The number of amides is 2. The van der Waals surface area contributed by atoms with Crippen LogP contribution in [0.3, 0.4) is 0 Å². The van der Waals surface area contributed by atoms with E-state index in [0.717, 1.165) is 35.7 Å². The Hall–Kier alpha value is -2.82. The largest absolute Gasteiger partial charge is 0.370 e. The van der Waals surface area contributed by atoms with Crippen molar-refractivity contribution in [2.45, 2.75) is 44.9 Å². The van der Waals surface area contributed by atoms with E-state index in [1.165, 1.54) is 25.7 Å². The number of fused-ring (bicyclic) bond motifs is 1. The number of nitrogens with zero attached hydrogens (tertiary/aromatic N) is 1. The number of benzene rings is 2. The standard InChI is InChI=1S/C24H29N3O2/c28-23(14-13-19-17-18-9-3-4-10-20(18)26-24(19)29)25-21-11-5-6-12-22(21)27-15-7-1-2-8-16-27/h3-6,9-12,19H,1-2,7-8,13-17H2,(H,25,28)(H,26,29)/t19-/m0/s1. The molecule has 0 radical (unpaired) electrons. The molecule has 4 rings (SSSR count). The molecular formula is C24H29N3O2. The van der Waals surface area contributed by atoms with Crippen LogP contribution in [0.5, 0.6) is 0 Å². The third kappa shape index (κ3) is 4.78. The molecule has 5 nitrogen and oxygen atoms in total. The number of hydrogen-bond donors (Lipinski definition) is 2. The Labute approximate surface area is 172 Å². The molecule has 0 unspecified atom stereocenters. The van der Waals surface area contributed by atoms with Crippen molar-refractivity contribution in [2.24, 2.45) is 5.92 Å². The van der Waals surface area contributed by atoms with Crippen molar-refractivity contribution in [2.75, 3.05) is 28.6 Å². The van der Waals surface area contributed by atoms with Gasteiger partial charge in [-0.2, -0.15) is 0 Å². The van der Waals surface area contributed by atoms with Gasteiger partial charge in [0.05, 0.1) is 11.4 Å². The normalized spacial score (nSPS) is 19.1. The maximum Gasteiger partial charge on any atom is 0.227 e. The molecule has 1 atom stereocenters. The quantitative estimate of drug-likeness (QED) is 0.783. The second-order valence-corrected chi connectivity index (χ2v) is 8.05. The first-order valence-corrected chi connectivity index (χ1v) is 10.7. The fourth-order valence-corrected chi connectivity index (χ4v) is 4.33. The van der Waals surface area contributed by atoms with Crippen molar-refractivity contribution >= 4 is 28.9 Å². The maximum absolute atomic E-state index is 12.6. The summed E-state index contributed by atoms with van der Waals surface area (Å²) in [7, 11) is 0. The highest BCUT2D eigenvalue weighted by atomic mass is 16.2. The van der Waals surface area contributed by atoms with Crippen LogP contribution in [0.15, 0.2) is 48.5 Å². The molecule has 2 aromatic carbocycles. The predicted octanol–water partition coefficient (Wildman–Crippen LogP) is 4.60. The van der Waals surface area contributed by atoms with Gasteiger partial charge in [-0.3, -0.25) is 9.59 Å². The highest BCUT2D eigenvalue weighted by molar-refractivity contribution is 5.97. The Morgan fingerprint density at radius 3 is 2.55 bits per heavy atom. The molecule has 0 spiro atoms. The lowest BCUT2D eigenvalue weighted by Crippen LogP contribution is -2.31. The molecule has 2 aromatic rings. The van der Waals surface area contributed by atoms with E-state index in [1.807, 2.05) is 42.5 Å². The molecule has 5 heteroatoms. The number of carbonyl (C=O) groups is 2. The Morgan fingerprint density at radius 1 is 1.00 bits per heavy atom. The molecule has 2 N–H and O–H groups in total. The summed E-state index contributed by atoms with van der Waals surface area (Å²) in [5.74, 6) is -0.170. The van der Waals surface area contributed by atoms with Gasteiger partial charge < -0.3 is 15.5 Å². The lowest BCUT2D eigenvalue weighted by Gasteiger charge is -2.26. The van der Waals surface area contributed by atoms with Crippen molar-refractivity contribution in [1.29, 1.82) is 0 Å². The summed E-state index contributed by atoms with van der Waals surface area (Å²) in [6.07, 6.45) is 6.53. The third-order valence-electron chi connectivity index (χ3n) is 5.96. The third-order valence-corrected chi connectivity index (χ3v) is 5.96. The van der Waals surface area contributed by atoms with Gasteiger partial charge in [-0.25, -0.2) is 0 Å². The van der Waals surface area contributed by atoms with E-state index in [2.05, 4.69) is 21.6 Å². The number of hydrogen-bond acceptors (Lipinski definition) is 3. The van der Waals surface area contributed by atoms with Gasteiger partial charge in [-0.1, -0.05) is 43.2 Å². The summed E-state index contributed by atoms with van der Waals surface area (Å²) >= 11 is 0. The summed E-state index contributed by atoms with van der Waals surface area (Å²) in [6.45, 7) is 2.07. The Morgan fingerprint density at radius 2 is 1.72 bits per heavy atom. The second-order valence-electron chi connectivity index (χ2n) is 8.05. The first-order chi connectivity index (χ1) is 14.2. The van der Waals surface area contributed by atoms with Gasteiger partial charge in [0.25, 0.3) is 0 Å². The molecule has 2 aliphatic heterocycles. The molecule has 29 heavy (non-hydrogen) atoms. The van der Waals surface area contributed by atoms with E-state index >= 15 is 0 Å². The fourth-order valence-electron chi connectivity index (χ4n) is 4.33. The number of para-hydroxylation sites is 3. The Bertz CT molecular complexity index is 872. The van der Waals surface area contributed by atoms with Crippen molar-refractivity contribution in [1.82, 2.24) is 0 Å². The van der Waals surface area contributed by atoms with E-state index in [-0.39, 0.29) is 17.7 Å². The molecule has 2 aliphatic rings. The van der Waals surface area contributed by atoms with Crippen LogP contribution in [0.4, 0.5) is 17.1 Å². The monoisotopic (exact) mass is 391 g/mol. The van der Waals surface area contributed by atoms with Crippen molar-refractivity contribution in [3.8, 4) is 0 Å². The lowest BCUT2D eigenvalue weighted by atomic mass is 9.89. The minimum Gasteiger partial charge on any atom is -0.370 e. The van der Waals surface area contributed by atoms with Crippen LogP contribution in [0.1, 0.15) is 44.1 Å². The Balaban J connectivity index is 1.36. The minimum absolute atomic E-state index is 0.0152. The summed E-state index contributed by atoms with van der Waals surface area (Å²) in [4.78, 5) is 27.4. The van der Waals surface area contributed by atoms with E-state index in [4.69, 9.17) is 0 Å². The highest BCUT2D eigenvalue weighted by Gasteiger charge is 2.26. The van der Waals surface area contributed by atoms with E-state index < -0.39 is 0 Å². The summed E-state index contributed by atoms with van der Waals surface area (Å²) < 4.78 is 0. The van der Waals surface area contributed by atoms with Gasteiger partial charge in [0.2, 0.25) is 11.8 Å². The van der Waals surface area contributed by atoms with E-state index in [1.54, 1.807) is 0 Å². The predicted molar refractivity (Wildman–Crippen MR) is 117 cm³/mol. The molecule has 0 saturated carbocycles. The first-order valence-electron chi connectivity index (χ1n) is 10.7. The molecule has 1 fully saturated rings. The zero-order valence-electron chi connectivity index (χ0n) is 16.8. The average molecular weight is 392 g/mol. The van der Waals surface area contributed by atoms with Gasteiger partial charge in [0.1, 0.15) is 0 Å². The second kappa shape index (κ2) is 9.12. The molecule has 152 valence electrons. The minimum atomic E-state index is -0.156. The SMILES string of the molecule is O=C(CC[C@H]1Cc2ccccc2NC1=O)Nc1ccccc1N1CCCCCC1. The van der Waals surface area contributed by atoms with Crippen LogP contribution in [0.2, 0.25) is 0 Å². The Kier molecular flexibility index (Phi) is 6.13. The molecule has 0 aromatic heterocycles. The molecular weight excluding hydrogens is 362 g/mol. The summed E-state index contributed by atoms with van der Waals surface area (Å²) in [5.41, 5.74) is 4.01. The van der Waals surface area contributed by atoms with Crippen molar-refractivity contribution in [3.05, 3.63) is 54.1 Å². The van der Waals surface area contributed by atoms with E-state index in [0.29, 0.717) is 19.3 Å². The molecule has 0 aliphatic carbocycles.